The van der Waals surface area contributed by atoms with Gasteiger partial charge in [0, 0.05) is 18.0 Å². The van der Waals surface area contributed by atoms with Crippen LogP contribution in [0.2, 0.25) is 0 Å². The van der Waals surface area contributed by atoms with Crippen LogP contribution in [-0.2, 0) is 4.79 Å². The Kier molecular flexibility index (Phi) is 5.46. The highest BCUT2D eigenvalue weighted by Crippen LogP contribution is 2.43. The molecule has 0 aromatic heterocycles. The number of amides is 2. The van der Waals surface area contributed by atoms with Crippen molar-refractivity contribution in [3.8, 4) is 11.1 Å². The van der Waals surface area contributed by atoms with Gasteiger partial charge in [-0.2, -0.15) is 0 Å². The summed E-state index contributed by atoms with van der Waals surface area (Å²) in [4.78, 5) is 29.0. The zero-order valence-corrected chi connectivity index (χ0v) is 18.3. The third kappa shape index (κ3) is 3.80. The maximum Gasteiger partial charge on any atom is 0.254 e. The van der Waals surface area contributed by atoms with Gasteiger partial charge in [0.25, 0.3) is 5.91 Å². The summed E-state index contributed by atoms with van der Waals surface area (Å²) in [6.45, 7) is 2.27. The lowest BCUT2D eigenvalue weighted by Crippen LogP contribution is -2.73. The number of halogens is 1. The molecule has 2 heterocycles. The second kappa shape index (κ2) is 8.45. The first-order valence-corrected chi connectivity index (χ1v) is 11.1. The van der Waals surface area contributed by atoms with E-state index in [4.69, 9.17) is 0 Å². The molecule has 0 bridgehead atoms. The van der Waals surface area contributed by atoms with Gasteiger partial charge < -0.3 is 14.9 Å². The van der Waals surface area contributed by atoms with E-state index in [0.29, 0.717) is 12.1 Å². The van der Waals surface area contributed by atoms with Gasteiger partial charge in [-0.3, -0.25) is 9.59 Å². The number of hydrogen-bond acceptors (Lipinski definition) is 3. The normalized spacial score (nSPS) is 22.0. The quantitative estimate of drug-likeness (QED) is 0.669. The van der Waals surface area contributed by atoms with Crippen LogP contribution in [0.25, 0.3) is 11.1 Å². The Balaban J connectivity index is 1.38. The molecule has 3 aromatic rings. The molecule has 0 radical (unpaired) electrons. The van der Waals surface area contributed by atoms with Crippen molar-refractivity contribution in [1.29, 1.82) is 0 Å². The molecule has 2 aliphatic rings. The van der Waals surface area contributed by atoms with Crippen molar-refractivity contribution < 1.29 is 19.1 Å². The van der Waals surface area contributed by atoms with Crippen molar-refractivity contribution in [2.45, 2.75) is 24.9 Å². The Labute approximate surface area is 192 Å². The third-order valence-corrected chi connectivity index (χ3v) is 6.81. The molecule has 2 saturated heterocycles. The second-order valence-electron chi connectivity index (χ2n) is 8.82. The minimum absolute atomic E-state index is 0.0394. The van der Waals surface area contributed by atoms with Crippen LogP contribution in [0.4, 0.5) is 4.39 Å². The number of benzene rings is 3. The monoisotopic (exact) mass is 444 g/mol. The molecule has 168 valence electrons. The summed E-state index contributed by atoms with van der Waals surface area (Å²) in [6, 6.07) is 21.4. The highest BCUT2D eigenvalue weighted by atomic mass is 19.1. The van der Waals surface area contributed by atoms with Gasteiger partial charge in [-0.25, -0.2) is 4.39 Å². The fourth-order valence-electron chi connectivity index (χ4n) is 5.07. The number of aliphatic hydroxyl groups excluding tert-OH is 1. The molecule has 5 rings (SSSR count). The first-order chi connectivity index (χ1) is 16.0. The van der Waals surface area contributed by atoms with E-state index in [9.17, 15) is 19.1 Å². The Morgan fingerprint density at radius 1 is 0.970 bits per heavy atom. The number of fused-ring (bicyclic) bond motifs is 1. The average Bonchev–Trinajstić information content (AvgIpc) is 2.81. The fraction of sp³-hybridized carbons (Fsp3) is 0.259. The molecule has 1 N–H and O–H groups in total. The summed E-state index contributed by atoms with van der Waals surface area (Å²) in [5, 5.41) is 10.0. The lowest BCUT2D eigenvalue weighted by Gasteiger charge is -2.58. The second-order valence-corrected chi connectivity index (χ2v) is 8.82. The van der Waals surface area contributed by atoms with Crippen LogP contribution >= 0.6 is 0 Å². The van der Waals surface area contributed by atoms with Crippen molar-refractivity contribution in [1.82, 2.24) is 9.80 Å². The predicted octanol–water partition coefficient (Wildman–Crippen LogP) is 3.61. The number of piperazine rings is 1. The van der Waals surface area contributed by atoms with Crippen LogP contribution < -0.4 is 0 Å². The molecule has 0 unspecified atom stereocenters. The van der Waals surface area contributed by atoms with Crippen molar-refractivity contribution in [3.05, 3.63) is 95.3 Å². The lowest BCUT2D eigenvalue weighted by molar-refractivity contribution is -0.159. The van der Waals surface area contributed by atoms with E-state index < -0.39 is 5.82 Å². The molecule has 3 atom stereocenters. The van der Waals surface area contributed by atoms with E-state index in [1.54, 1.807) is 4.90 Å². The summed E-state index contributed by atoms with van der Waals surface area (Å²) in [5.41, 5.74) is 4.83. The minimum atomic E-state index is -0.411. The van der Waals surface area contributed by atoms with Crippen LogP contribution in [0, 0.1) is 12.7 Å². The molecule has 2 aliphatic heterocycles. The van der Waals surface area contributed by atoms with E-state index in [2.05, 4.69) is 43.3 Å². The molecular formula is C27H25FN2O3. The molecule has 0 spiro atoms. The van der Waals surface area contributed by atoms with Crippen molar-refractivity contribution in [3.63, 3.8) is 0 Å². The Hall–Kier alpha value is -3.51. The molecular weight excluding hydrogens is 419 g/mol. The number of nitrogens with zero attached hydrogens (tertiary/aromatic N) is 2. The van der Waals surface area contributed by atoms with E-state index >= 15 is 0 Å². The van der Waals surface area contributed by atoms with Gasteiger partial charge in [-0.05, 0) is 47.9 Å². The molecule has 0 aliphatic carbocycles. The van der Waals surface area contributed by atoms with Crippen LogP contribution in [0.3, 0.4) is 0 Å². The van der Waals surface area contributed by atoms with E-state index in [0.717, 1.165) is 16.7 Å². The van der Waals surface area contributed by atoms with Crippen LogP contribution in [-0.4, -0.2) is 58.5 Å². The standard InChI is InChI=1S/C27H25FN2O3/c1-17-2-4-18(5-3-17)19-6-8-20(9-7-19)26-23-14-29(15-25(32)30(23)24(26)16-31)27(33)21-10-12-22(28)13-11-21/h2-13,23-24,26,31H,14-16H2,1H3/t23-,24-,26+/m1/s1. The van der Waals surface area contributed by atoms with Crippen molar-refractivity contribution in [2.75, 3.05) is 19.7 Å². The first-order valence-electron chi connectivity index (χ1n) is 11.1. The number of carbonyl (C=O) groups is 2. The lowest BCUT2D eigenvalue weighted by atomic mass is 9.73. The maximum absolute atomic E-state index is 13.2. The molecule has 0 saturated carbocycles. The number of aryl methyl sites for hydroxylation is 1. The third-order valence-electron chi connectivity index (χ3n) is 6.81. The Morgan fingerprint density at radius 3 is 2.18 bits per heavy atom. The van der Waals surface area contributed by atoms with Gasteiger partial charge in [0.1, 0.15) is 12.4 Å². The van der Waals surface area contributed by atoms with Gasteiger partial charge in [0.05, 0.1) is 18.7 Å². The summed E-state index contributed by atoms with van der Waals surface area (Å²) in [7, 11) is 0. The van der Waals surface area contributed by atoms with E-state index in [1.807, 2.05) is 12.1 Å². The maximum atomic E-state index is 13.2. The minimum Gasteiger partial charge on any atom is -0.394 e. The van der Waals surface area contributed by atoms with Crippen molar-refractivity contribution >= 4 is 11.8 Å². The molecule has 6 heteroatoms. The first kappa shape index (κ1) is 21.3. The Morgan fingerprint density at radius 2 is 1.58 bits per heavy atom. The summed E-state index contributed by atoms with van der Waals surface area (Å²) >= 11 is 0. The molecule has 3 aromatic carbocycles. The SMILES string of the molecule is Cc1ccc(-c2ccc([C@@H]3[C@@H](CO)N4C(=O)CN(C(=O)c5ccc(F)cc5)C[C@H]34)cc2)cc1. The largest absolute Gasteiger partial charge is 0.394 e. The smallest absolute Gasteiger partial charge is 0.254 e. The number of rotatable bonds is 4. The number of hydrogen-bond donors (Lipinski definition) is 1. The number of carbonyl (C=O) groups excluding carboxylic acids is 2. The summed E-state index contributed by atoms with van der Waals surface area (Å²) < 4.78 is 13.2. The summed E-state index contributed by atoms with van der Waals surface area (Å²) in [6.07, 6.45) is 0. The van der Waals surface area contributed by atoms with Crippen LogP contribution in [0.15, 0.2) is 72.8 Å². The molecule has 5 nitrogen and oxygen atoms in total. The van der Waals surface area contributed by atoms with E-state index in [1.165, 1.54) is 34.7 Å². The number of aliphatic hydroxyl groups is 1. The highest BCUT2D eigenvalue weighted by molar-refractivity contribution is 5.97. The Bertz CT molecular complexity index is 1180. The van der Waals surface area contributed by atoms with Crippen LogP contribution in [0.5, 0.6) is 0 Å². The summed E-state index contributed by atoms with van der Waals surface area (Å²) in [5.74, 6) is -0.932. The van der Waals surface area contributed by atoms with Gasteiger partial charge in [0.15, 0.2) is 0 Å². The van der Waals surface area contributed by atoms with Gasteiger partial charge in [0.2, 0.25) is 5.91 Å². The van der Waals surface area contributed by atoms with Gasteiger partial charge >= 0.3 is 0 Å². The zero-order valence-electron chi connectivity index (χ0n) is 18.3. The van der Waals surface area contributed by atoms with E-state index in [-0.39, 0.29) is 43.0 Å². The molecule has 2 fully saturated rings. The highest BCUT2D eigenvalue weighted by Gasteiger charge is 2.54. The zero-order chi connectivity index (χ0) is 23.1. The van der Waals surface area contributed by atoms with Gasteiger partial charge in [-0.1, -0.05) is 54.1 Å². The molecule has 33 heavy (non-hydrogen) atoms. The fourth-order valence-corrected chi connectivity index (χ4v) is 5.07. The van der Waals surface area contributed by atoms with Gasteiger partial charge in [-0.15, -0.1) is 0 Å². The van der Waals surface area contributed by atoms with Crippen LogP contribution in [0.1, 0.15) is 27.4 Å². The topological polar surface area (TPSA) is 60.9 Å². The van der Waals surface area contributed by atoms with Crippen molar-refractivity contribution in [2.24, 2.45) is 0 Å². The predicted molar refractivity (Wildman–Crippen MR) is 123 cm³/mol. The molecule has 2 amide bonds. The average molecular weight is 445 g/mol.